The van der Waals surface area contributed by atoms with E-state index >= 15 is 0 Å². The zero-order chi connectivity index (χ0) is 14.3. The molecule has 0 fully saturated rings. The second-order valence-corrected chi connectivity index (χ2v) is 5.84. The summed E-state index contributed by atoms with van der Waals surface area (Å²) in [6, 6.07) is 5.60. The minimum atomic E-state index is 0.0397. The third-order valence-electron chi connectivity index (χ3n) is 3.34. The highest BCUT2D eigenvalue weighted by Gasteiger charge is 2.12. The van der Waals surface area contributed by atoms with Gasteiger partial charge in [0, 0.05) is 4.47 Å². The molecule has 0 amide bonds. The zero-order valence-electron chi connectivity index (χ0n) is 12.0. The molecule has 0 N–H and O–H groups in total. The summed E-state index contributed by atoms with van der Waals surface area (Å²) < 4.78 is 6.77. The van der Waals surface area contributed by atoms with Gasteiger partial charge in [0.25, 0.3) is 0 Å². The molecule has 0 radical (unpaired) electrons. The number of Topliss-reactive ketones (excluding diaryl/α,β-unsaturated/α-hetero) is 1. The summed E-state index contributed by atoms with van der Waals surface area (Å²) in [7, 11) is 0. The Balaban J connectivity index is 2.68. The van der Waals surface area contributed by atoms with E-state index in [1.165, 1.54) is 19.3 Å². The minimum absolute atomic E-state index is 0.0397. The van der Waals surface area contributed by atoms with Crippen molar-refractivity contribution >= 4 is 21.7 Å². The Morgan fingerprint density at radius 3 is 2.68 bits per heavy atom. The summed E-state index contributed by atoms with van der Waals surface area (Å²) in [5.41, 5.74) is 0.653. The molecule has 0 bridgehead atoms. The van der Waals surface area contributed by atoms with Crippen LogP contribution in [0.15, 0.2) is 22.7 Å². The Bertz CT molecular complexity index is 415. The van der Waals surface area contributed by atoms with E-state index < -0.39 is 0 Å². The molecule has 0 aliphatic heterocycles. The normalized spacial score (nSPS) is 12.2. The third kappa shape index (κ3) is 5.35. The van der Waals surface area contributed by atoms with Gasteiger partial charge in [0.1, 0.15) is 5.75 Å². The predicted octanol–water partition coefficient (Wildman–Crippen LogP) is 5.25. The van der Waals surface area contributed by atoms with E-state index in [-0.39, 0.29) is 5.78 Å². The number of rotatable bonds is 8. The lowest BCUT2D eigenvalue weighted by Gasteiger charge is -2.17. The number of ketones is 1. The maximum atomic E-state index is 11.6. The molecule has 1 aromatic rings. The van der Waals surface area contributed by atoms with E-state index in [0.29, 0.717) is 23.8 Å². The molecule has 3 heteroatoms. The Morgan fingerprint density at radius 1 is 1.37 bits per heavy atom. The fourth-order valence-electron chi connectivity index (χ4n) is 2.01. The summed E-state index contributed by atoms with van der Waals surface area (Å²) in [5, 5.41) is 0. The van der Waals surface area contributed by atoms with Gasteiger partial charge in [-0.1, -0.05) is 49.0 Å². The van der Waals surface area contributed by atoms with Gasteiger partial charge in [-0.15, -0.1) is 0 Å². The Labute approximate surface area is 124 Å². The topological polar surface area (TPSA) is 26.3 Å². The molecule has 1 rings (SSSR count). The first-order valence-electron chi connectivity index (χ1n) is 7.01. The first kappa shape index (κ1) is 16.2. The summed E-state index contributed by atoms with van der Waals surface area (Å²) in [4.78, 5) is 11.6. The van der Waals surface area contributed by atoms with Crippen LogP contribution in [0, 0.1) is 5.92 Å². The van der Waals surface area contributed by atoms with Crippen LogP contribution in [0.1, 0.15) is 56.8 Å². The molecular formula is C16H23BrO2. The summed E-state index contributed by atoms with van der Waals surface area (Å²) in [6.07, 6.45) is 4.76. The fourth-order valence-corrected chi connectivity index (χ4v) is 2.37. The minimum Gasteiger partial charge on any atom is -0.493 e. The molecule has 1 unspecified atom stereocenters. The molecule has 0 aliphatic rings. The van der Waals surface area contributed by atoms with E-state index in [9.17, 15) is 4.79 Å². The highest BCUT2D eigenvalue weighted by molar-refractivity contribution is 9.10. The molecule has 19 heavy (non-hydrogen) atoms. The molecule has 1 atom stereocenters. The lowest BCUT2D eigenvalue weighted by Crippen LogP contribution is -2.12. The molecule has 0 heterocycles. The second kappa shape index (κ2) is 8.36. The van der Waals surface area contributed by atoms with E-state index in [4.69, 9.17) is 4.74 Å². The van der Waals surface area contributed by atoms with Crippen molar-refractivity contribution in [2.45, 2.75) is 46.5 Å². The molecule has 2 nitrogen and oxygen atoms in total. The predicted molar refractivity (Wildman–Crippen MR) is 82.9 cm³/mol. The number of hydrogen-bond donors (Lipinski definition) is 0. The molecule has 0 saturated heterocycles. The molecule has 0 aromatic heterocycles. The van der Waals surface area contributed by atoms with Crippen molar-refractivity contribution in [2.24, 2.45) is 5.92 Å². The maximum Gasteiger partial charge on any atom is 0.163 e. The van der Waals surface area contributed by atoms with Gasteiger partial charge in [0.05, 0.1) is 12.2 Å². The Morgan fingerprint density at radius 2 is 2.11 bits per heavy atom. The average molecular weight is 327 g/mol. The Hall–Kier alpha value is -0.830. The highest BCUT2D eigenvalue weighted by Crippen LogP contribution is 2.25. The van der Waals surface area contributed by atoms with Crippen LogP contribution in [0.3, 0.4) is 0 Å². The summed E-state index contributed by atoms with van der Waals surface area (Å²) in [6.45, 7) is 6.66. The average Bonchev–Trinajstić information content (AvgIpc) is 2.40. The molecule has 106 valence electrons. The first-order chi connectivity index (χ1) is 9.08. The monoisotopic (exact) mass is 326 g/mol. The standard InChI is InChI=1S/C16H23BrO2/c1-4-6-7-13(5-2)11-19-16-9-8-14(17)10-15(16)12(3)18/h8-10,13H,4-7,11H2,1-3H3. The van der Waals surface area contributed by atoms with Gasteiger partial charge in [-0.05, 0) is 37.5 Å². The van der Waals surface area contributed by atoms with Crippen LogP contribution in [0.4, 0.5) is 0 Å². The molecule has 0 saturated carbocycles. The van der Waals surface area contributed by atoms with Crippen LogP contribution in [0.25, 0.3) is 0 Å². The lowest BCUT2D eigenvalue weighted by molar-refractivity contribution is 0.101. The van der Waals surface area contributed by atoms with Crippen molar-refractivity contribution in [2.75, 3.05) is 6.61 Å². The van der Waals surface area contributed by atoms with Gasteiger partial charge in [0.15, 0.2) is 5.78 Å². The van der Waals surface area contributed by atoms with E-state index in [0.717, 1.165) is 10.9 Å². The van der Waals surface area contributed by atoms with Crippen LogP contribution in [0.2, 0.25) is 0 Å². The summed E-state index contributed by atoms with van der Waals surface area (Å²) in [5.74, 6) is 1.31. The number of carbonyl (C=O) groups is 1. The van der Waals surface area contributed by atoms with Gasteiger partial charge in [0.2, 0.25) is 0 Å². The second-order valence-electron chi connectivity index (χ2n) is 4.92. The Kier molecular flexibility index (Phi) is 7.14. The SMILES string of the molecule is CCCCC(CC)COc1ccc(Br)cc1C(C)=O. The van der Waals surface area contributed by atoms with Crippen LogP contribution in [0.5, 0.6) is 5.75 Å². The van der Waals surface area contributed by atoms with Crippen molar-refractivity contribution in [1.29, 1.82) is 0 Å². The van der Waals surface area contributed by atoms with Gasteiger partial charge >= 0.3 is 0 Å². The number of ether oxygens (including phenoxy) is 1. The van der Waals surface area contributed by atoms with Crippen LogP contribution >= 0.6 is 15.9 Å². The van der Waals surface area contributed by atoms with E-state index in [1.807, 2.05) is 18.2 Å². The molecular weight excluding hydrogens is 304 g/mol. The van der Waals surface area contributed by atoms with Gasteiger partial charge in [-0.2, -0.15) is 0 Å². The molecule has 0 spiro atoms. The van der Waals surface area contributed by atoms with Crippen molar-refractivity contribution in [3.8, 4) is 5.75 Å². The van der Waals surface area contributed by atoms with E-state index in [2.05, 4.69) is 29.8 Å². The maximum absolute atomic E-state index is 11.6. The molecule has 0 aliphatic carbocycles. The largest absolute Gasteiger partial charge is 0.493 e. The van der Waals surface area contributed by atoms with Crippen molar-refractivity contribution < 1.29 is 9.53 Å². The van der Waals surface area contributed by atoms with Gasteiger partial charge < -0.3 is 4.74 Å². The van der Waals surface area contributed by atoms with Crippen molar-refractivity contribution in [3.63, 3.8) is 0 Å². The van der Waals surface area contributed by atoms with Crippen LogP contribution in [-0.4, -0.2) is 12.4 Å². The third-order valence-corrected chi connectivity index (χ3v) is 3.83. The number of unbranched alkanes of at least 4 members (excludes halogenated alkanes) is 1. The highest BCUT2D eigenvalue weighted by atomic mass is 79.9. The van der Waals surface area contributed by atoms with Gasteiger partial charge in [-0.25, -0.2) is 0 Å². The zero-order valence-corrected chi connectivity index (χ0v) is 13.6. The van der Waals surface area contributed by atoms with Crippen molar-refractivity contribution in [3.05, 3.63) is 28.2 Å². The number of benzene rings is 1. The van der Waals surface area contributed by atoms with Crippen LogP contribution < -0.4 is 4.74 Å². The first-order valence-corrected chi connectivity index (χ1v) is 7.81. The summed E-state index contributed by atoms with van der Waals surface area (Å²) >= 11 is 3.38. The number of carbonyl (C=O) groups excluding carboxylic acids is 1. The van der Waals surface area contributed by atoms with Crippen molar-refractivity contribution in [1.82, 2.24) is 0 Å². The molecule has 1 aromatic carbocycles. The van der Waals surface area contributed by atoms with Gasteiger partial charge in [-0.3, -0.25) is 4.79 Å². The smallest absolute Gasteiger partial charge is 0.163 e. The lowest BCUT2D eigenvalue weighted by atomic mass is 10.0. The number of hydrogen-bond acceptors (Lipinski definition) is 2. The van der Waals surface area contributed by atoms with Crippen LogP contribution in [-0.2, 0) is 0 Å². The fraction of sp³-hybridized carbons (Fsp3) is 0.562. The quantitative estimate of drug-likeness (QED) is 0.610. The van der Waals surface area contributed by atoms with E-state index in [1.54, 1.807) is 6.92 Å². The number of halogens is 1.